The zero-order valence-electron chi connectivity index (χ0n) is 7.29. The number of nitrogens with zero attached hydrogens (tertiary/aromatic N) is 2. The van der Waals surface area contributed by atoms with E-state index in [1.165, 1.54) is 7.11 Å². The zero-order chi connectivity index (χ0) is 9.30. The van der Waals surface area contributed by atoms with Gasteiger partial charge in [-0.3, -0.25) is 0 Å². The van der Waals surface area contributed by atoms with E-state index in [1.807, 2.05) is 0 Å². The van der Waals surface area contributed by atoms with Crippen LogP contribution in [0.5, 0.6) is 0 Å². The van der Waals surface area contributed by atoms with E-state index in [2.05, 4.69) is 9.72 Å². The number of carbonyl (C=O) groups is 1. The van der Waals surface area contributed by atoms with Crippen LogP contribution in [0, 0.1) is 6.92 Å². The molecule has 5 heteroatoms. The lowest BCUT2D eigenvalue weighted by Crippen LogP contribution is -2.10. The van der Waals surface area contributed by atoms with Crippen molar-refractivity contribution in [3.05, 3.63) is 11.5 Å². The first kappa shape index (κ1) is 8.58. The number of anilines is 1. The Morgan fingerprint density at radius 1 is 1.67 bits per heavy atom. The lowest BCUT2D eigenvalue weighted by Gasteiger charge is -2.00. The second-order valence-corrected chi connectivity index (χ2v) is 2.44. The summed E-state index contributed by atoms with van der Waals surface area (Å²) in [4.78, 5) is 15.0. The Balaban J connectivity index is 3.22. The number of imidazole rings is 1. The molecule has 0 aliphatic rings. The fourth-order valence-electron chi connectivity index (χ4n) is 0.974. The molecule has 5 nitrogen and oxygen atoms in total. The van der Waals surface area contributed by atoms with Crippen LogP contribution >= 0.6 is 0 Å². The van der Waals surface area contributed by atoms with Gasteiger partial charge in [-0.25, -0.2) is 9.78 Å². The van der Waals surface area contributed by atoms with Crippen molar-refractivity contribution in [1.82, 2.24) is 9.55 Å². The summed E-state index contributed by atoms with van der Waals surface area (Å²) in [5, 5.41) is 0. The van der Waals surface area contributed by atoms with Gasteiger partial charge in [0.25, 0.3) is 0 Å². The van der Waals surface area contributed by atoms with Crippen molar-refractivity contribution in [3.8, 4) is 0 Å². The highest BCUT2D eigenvalue weighted by Crippen LogP contribution is 2.12. The number of nitrogens with two attached hydrogens (primary N) is 1. The normalized spacial score (nSPS) is 9.92. The van der Waals surface area contributed by atoms with Crippen molar-refractivity contribution >= 4 is 11.8 Å². The Labute approximate surface area is 70.1 Å². The molecule has 0 unspecified atom stereocenters. The first-order chi connectivity index (χ1) is 5.57. The number of rotatable bonds is 1. The third-order valence-electron chi connectivity index (χ3n) is 1.72. The molecule has 0 atom stereocenters. The van der Waals surface area contributed by atoms with Crippen LogP contribution in [-0.4, -0.2) is 22.6 Å². The number of ether oxygens (including phenoxy) is 1. The number of carbonyl (C=O) groups excluding carboxylic acids is 1. The summed E-state index contributed by atoms with van der Waals surface area (Å²) < 4.78 is 6.13. The monoisotopic (exact) mass is 169 g/mol. The molecular weight excluding hydrogens is 158 g/mol. The quantitative estimate of drug-likeness (QED) is 0.605. The molecule has 12 heavy (non-hydrogen) atoms. The lowest BCUT2D eigenvalue weighted by atomic mass is 10.4. The molecule has 0 fully saturated rings. The van der Waals surface area contributed by atoms with Gasteiger partial charge in [0.15, 0.2) is 11.5 Å². The smallest absolute Gasteiger partial charge is 0.358 e. The van der Waals surface area contributed by atoms with E-state index >= 15 is 0 Å². The summed E-state index contributed by atoms with van der Waals surface area (Å²) in [6, 6.07) is 0. The molecule has 0 saturated carbocycles. The molecular formula is C7H11N3O2. The lowest BCUT2D eigenvalue weighted by molar-refractivity contribution is 0.0591. The van der Waals surface area contributed by atoms with E-state index in [9.17, 15) is 4.79 Å². The van der Waals surface area contributed by atoms with Crippen LogP contribution in [-0.2, 0) is 11.8 Å². The number of hydrogen-bond acceptors (Lipinski definition) is 4. The molecule has 1 aromatic heterocycles. The number of aromatic nitrogens is 2. The highest BCUT2D eigenvalue weighted by atomic mass is 16.5. The molecule has 1 rings (SSSR count). The van der Waals surface area contributed by atoms with Crippen molar-refractivity contribution < 1.29 is 9.53 Å². The Morgan fingerprint density at radius 2 is 2.25 bits per heavy atom. The van der Waals surface area contributed by atoms with E-state index in [-0.39, 0.29) is 5.82 Å². The van der Waals surface area contributed by atoms with Gasteiger partial charge in [-0.1, -0.05) is 0 Å². The molecule has 0 saturated heterocycles. The van der Waals surface area contributed by atoms with Gasteiger partial charge in [0.1, 0.15) is 5.82 Å². The molecule has 1 aromatic rings. The van der Waals surface area contributed by atoms with Crippen molar-refractivity contribution in [1.29, 1.82) is 0 Å². The van der Waals surface area contributed by atoms with E-state index in [4.69, 9.17) is 5.73 Å². The molecule has 66 valence electrons. The second-order valence-electron chi connectivity index (χ2n) is 2.44. The van der Waals surface area contributed by atoms with Gasteiger partial charge >= 0.3 is 5.97 Å². The van der Waals surface area contributed by atoms with Crippen molar-refractivity contribution in [2.45, 2.75) is 6.92 Å². The molecule has 1 heterocycles. The van der Waals surface area contributed by atoms with Crippen LogP contribution in [0.15, 0.2) is 0 Å². The Hall–Kier alpha value is -1.52. The predicted octanol–water partition coefficient (Wildman–Crippen LogP) is 0.0973. The van der Waals surface area contributed by atoms with Gasteiger partial charge in [0.05, 0.1) is 7.11 Å². The predicted molar refractivity (Wildman–Crippen MR) is 43.7 cm³/mol. The highest BCUT2D eigenvalue weighted by molar-refractivity contribution is 5.92. The first-order valence-electron chi connectivity index (χ1n) is 3.45. The fraction of sp³-hybridized carbons (Fsp3) is 0.429. The van der Waals surface area contributed by atoms with Crippen LogP contribution < -0.4 is 5.73 Å². The summed E-state index contributed by atoms with van der Waals surface area (Å²) in [6.07, 6.45) is 0. The van der Waals surface area contributed by atoms with Gasteiger partial charge in [0.2, 0.25) is 0 Å². The Kier molecular flexibility index (Phi) is 2.03. The summed E-state index contributed by atoms with van der Waals surface area (Å²) >= 11 is 0. The van der Waals surface area contributed by atoms with E-state index in [0.29, 0.717) is 11.5 Å². The first-order valence-corrected chi connectivity index (χ1v) is 3.45. The Bertz CT molecular complexity index is 317. The summed E-state index contributed by atoms with van der Waals surface area (Å²) in [5.41, 5.74) is 5.79. The maximum Gasteiger partial charge on any atom is 0.358 e. The number of methoxy groups -OCH3 is 1. The van der Waals surface area contributed by atoms with Gasteiger partial charge in [-0.15, -0.1) is 0 Å². The minimum Gasteiger partial charge on any atom is -0.464 e. The van der Waals surface area contributed by atoms with Crippen LogP contribution in [0.3, 0.4) is 0 Å². The van der Waals surface area contributed by atoms with Gasteiger partial charge in [-0.05, 0) is 6.92 Å². The average molecular weight is 169 g/mol. The fourth-order valence-corrected chi connectivity index (χ4v) is 0.974. The number of hydrogen-bond donors (Lipinski definition) is 1. The molecule has 0 bridgehead atoms. The standard InChI is InChI=1S/C7H11N3O2/c1-4-9-6(8)5(10(4)2)7(11)12-3/h8H2,1-3H3. The van der Waals surface area contributed by atoms with Crippen molar-refractivity contribution in [2.75, 3.05) is 12.8 Å². The third kappa shape index (κ3) is 1.13. The molecule has 0 aliphatic carbocycles. The zero-order valence-corrected chi connectivity index (χ0v) is 7.29. The average Bonchev–Trinajstić information content (AvgIpc) is 2.26. The van der Waals surface area contributed by atoms with E-state index < -0.39 is 5.97 Å². The number of esters is 1. The van der Waals surface area contributed by atoms with Crippen LogP contribution in [0.25, 0.3) is 0 Å². The third-order valence-corrected chi connectivity index (χ3v) is 1.72. The highest BCUT2D eigenvalue weighted by Gasteiger charge is 2.17. The van der Waals surface area contributed by atoms with Crippen molar-refractivity contribution in [2.24, 2.45) is 7.05 Å². The molecule has 0 spiro atoms. The largest absolute Gasteiger partial charge is 0.464 e. The maximum absolute atomic E-state index is 11.1. The number of nitrogen functional groups attached to an aromatic ring is 1. The molecule has 0 amide bonds. The molecule has 0 aliphatic heterocycles. The van der Waals surface area contributed by atoms with Crippen LogP contribution in [0.4, 0.5) is 5.82 Å². The number of aryl methyl sites for hydroxylation is 1. The maximum atomic E-state index is 11.1. The van der Waals surface area contributed by atoms with Crippen molar-refractivity contribution in [3.63, 3.8) is 0 Å². The van der Waals surface area contributed by atoms with E-state index in [0.717, 1.165) is 0 Å². The van der Waals surface area contributed by atoms with Gasteiger partial charge in [0, 0.05) is 7.05 Å². The molecule has 2 N–H and O–H groups in total. The molecule has 0 aromatic carbocycles. The minimum absolute atomic E-state index is 0.210. The minimum atomic E-state index is -0.462. The van der Waals surface area contributed by atoms with E-state index in [1.54, 1.807) is 18.5 Å². The summed E-state index contributed by atoms with van der Waals surface area (Å²) in [5.74, 6) is 0.436. The molecule has 0 radical (unpaired) electrons. The van der Waals surface area contributed by atoms with Crippen LogP contribution in [0.2, 0.25) is 0 Å². The second kappa shape index (κ2) is 2.84. The van der Waals surface area contributed by atoms with Gasteiger partial charge in [-0.2, -0.15) is 0 Å². The summed E-state index contributed by atoms with van der Waals surface area (Å²) in [6.45, 7) is 1.77. The Morgan fingerprint density at radius 3 is 2.58 bits per heavy atom. The topological polar surface area (TPSA) is 70.1 Å². The SMILES string of the molecule is COC(=O)c1c(N)nc(C)n1C. The summed E-state index contributed by atoms with van der Waals surface area (Å²) in [7, 11) is 3.02. The van der Waals surface area contributed by atoms with Gasteiger partial charge < -0.3 is 15.0 Å². The van der Waals surface area contributed by atoms with Crippen LogP contribution in [0.1, 0.15) is 16.3 Å².